The van der Waals surface area contributed by atoms with Crippen LogP contribution < -0.4 is 4.90 Å². The van der Waals surface area contributed by atoms with Crippen LogP contribution in [0.5, 0.6) is 5.75 Å². The Labute approximate surface area is 147 Å². The van der Waals surface area contributed by atoms with Crippen molar-refractivity contribution >= 4 is 23.0 Å². The minimum absolute atomic E-state index is 0.254. The number of hydrogen-bond donors (Lipinski definition) is 1. The lowest BCUT2D eigenvalue weighted by Crippen LogP contribution is -2.14. The number of aromatic hydroxyl groups is 1. The zero-order valence-corrected chi connectivity index (χ0v) is 13.9. The van der Waals surface area contributed by atoms with Gasteiger partial charge in [0.05, 0.1) is 10.7 Å². The van der Waals surface area contributed by atoms with Crippen LogP contribution in [0.4, 0.5) is 24.5 Å². The smallest absolute Gasteiger partial charge is 0.191 e. The molecule has 0 aromatic heterocycles. The van der Waals surface area contributed by atoms with Gasteiger partial charge in [-0.25, -0.2) is 13.2 Å². The molecule has 0 aliphatic heterocycles. The van der Waals surface area contributed by atoms with Gasteiger partial charge in [0.25, 0.3) is 0 Å². The van der Waals surface area contributed by atoms with E-state index in [1.807, 2.05) is 0 Å². The molecule has 0 radical (unpaired) electrons. The van der Waals surface area contributed by atoms with Gasteiger partial charge in [-0.1, -0.05) is 29.8 Å². The van der Waals surface area contributed by atoms with E-state index in [1.165, 1.54) is 24.1 Å². The third-order valence-corrected chi connectivity index (χ3v) is 4.17. The van der Waals surface area contributed by atoms with Crippen LogP contribution in [-0.2, 0) is 0 Å². The first-order valence-electron chi connectivity index (χ1n) is 7.34. The van der Waals surface area contributed by atoms with E-state index in [2.05, 4.69) is 0 Å². The zero-order chi connectivity index (χ0) is 18.1. The lowest BCUT2D eigenvalue weighted by atomic mass is 10.0. The number of halogens is 4. The first-order valence-corrected chi connectivity index (χ1v) is 7.72. The maximum Gasteiger partial charge on any atom is 0.191 e. The molecule has 3 aromatic carbocycles. The summed E-state index contributed by atoms with van der Waals surface area (Å²) in [6, 6.07) is 12.7. The highest BCUT2D eigenvalue weighted by Gasteiger charge is 2.20. The van der Waals surface area contributed by atoms with E-state index in [4.69, 9.17) is 11.6 Å². The van der Waals surface area contributed by atoms with Crippen LogP contribution in [0.2, 0.25) is 5.02 Å². The lowest BCUT2D eigenvalue weighted by Gasteiger charge is -2.23. The van der Waals surface area contributed by atoms with Crippen molar-refractivity contribution in [2.24, 2.45) is 0 Å². The molecule has 25 heavy (non-hydrogen) atoms. The highest BCUT2D eigenvalue weighted by atomic mass is 35.5. The Morgan fingerprint density at radius 2 is 1.64 bits per heavy atom. The van der Waals surface area contributed by atoms with Gasteiger partial charge in [0.1, 0.15) is 17.3 Å². The highest BCUT2D eigenvalue weighted by Crippen LogP contribution is 2.38. The Kier molecular flexibility index (Phi) is 4.59. The van der Waals surface area contributed by atoms with Gasteiger partial charge < -0.3 is 10.0 Å². The highest BCUT2D eigenvalue weighted by molar-refractivity contribution is 6.33. The van der Waals surface area contributed by atoms with Gasteiger partial charge in [0, 0.05) is 7.05 Å². The fourth-order valence-corrected chi connectivity index (χ4v) is 2.82. The summed E-state index contributed by atoms with van der Waals surface area (Å²) in [5.41, 5.74) is 1.11. The summed E-state index contributed by atoms with van der Waals surface area (Å²) in [5.74, 6) is -2.99. The summed E-state index contributed by atoms with van der Waals surface area (Å²) in [6.07, 6.45) is 0. The summed E-state index contributed by atoms with van der Waals surface area (Å²) < 4.78 is 41.7. The molecule has 2 nitrogen and oxygen atoms in total. The van der Waals surface area contributed by atoms with E-state index in [0.29, 0.717) is 16.8 Å². The monoisotopic (exact) mass is 363 g/mol. The molecule has 0 saturated heterocycles. The number of hydrogen-bond acceptors (Lipinski definition) is 2. The molecule has 0 spiro atoms. The minimum atomic E-state index is -1.09. The number of anilines is 2. The predicted molar refractivity (Wildman–Crippen MR) is 92.9 cm³/mol. The molecule has 1 N–H and O–H groups in total. The zero-order valence-electron chi connectivity index (χ0n) is 13.1. The van der Waals surface area contributed by atoms with Crippen LogP contribution >= 0.6 is 11.6 Å². The van der Waals surface area contributed by atoms with E-state index in [1.54, 1.807) is 30.3 Å². The third kappa shape index (κ3) is 3.28. The molecule has 6 heteroatoms. The van der Waals surface area contributed by atoms with Gasteiger partial charge in [-0.05, 0) is 47.5 Å². The van der Waals surface area contributed by atoms with E-state index in [9.17, 15) is 18.3 Å². The second kappa shape index (κ2) is 6.69. The lowest BCUT2D eigenvalue weighted by molar-refractivity contribution is 0.429. The van der Waals surface area contributed by atoms with Crippen molar-refractivity contribution in [3.63, 3.8) is 0 Å². The first kappa shape index (κ1) is 17.2. The molecule has 0 saturated carbocycles. The largest absolute Gasteiger partial charge is 0.505 e. The standard InChI is InChI=1S/C19H13ClF3NO/c1-24(19-15(22)7-8-17(25)18(19)23)16-10-12(5-6-14(16)20)11-3-2-4-13(21)9-11/h2-10,25H,1H3. The fourth-order valence-electron chi connectivity index (χ4n) is 2.58. The molecule has 0 aliphatic carbocycles. The Morgan fingerprint density at radius 1 is 0.920 bits per heavy atom. The maximum absolute atomic E-state index is 14.2. The fraction of sp³-hybridized carbons (Fsp3) is 0.0526. The van der Waals surface area contributed by atoms with Crippen molar-refractivity contribution in [1.82, 2.24) is 0 Å². The van der Waals surface area contributed by atoms with Crippen LogP contribution in [0, 0.1) is 17.5 Å². The number of benzene rings is 3. The predicted octanol–water partition coefficient (Wildman–Crippen LogP) is 5.90. The number of phenols is 1. The van der Waals surface area contributed by atoms with Crippen molar-refractivity contribution in [1.29, 1.82) is 0 Å². The van der Waals surface area contributed by atoms with E-state index < -0.39 is 28.9 Å². The van der Waals surface area contributed by atoms with Crippen molar-refractivity contribution in [3.8, 4) is 16.9 Å². The number of phenolic OH excluding ortho intramolecular Hbond substituents is 1. The van der Waals surface area contributed by atoms with Gasteiger partial charge in [-0.3, -0.25) is 0 Å². The minimum Gasteiger partial charge on any atom is -0.505 e. The molecule has 0 heterocycles. The molecule has 3 rings (SSSR count). The molecular weight excluding hydrogens is 351 g/mol. The summed E-state index contributed by atoms with van der Waals surface area (Å²) in [6.45, 7) is 0. The normalized spacial score (nSPS) is 10.8. The molecule has 0 amide bonds. The Bertz CT molecular complexity index is 946. The summed E-state index contributed by atoms with van der Waals surface area (Å²) in [5, 5.41) is 9.76. The van der Waals surface area contributed by atoms with Gasteiger partial charge in [0.15, 0.2) is 11.6 Å². The van der Waals surface area contributed by atoms with Crippen LogP contribution in [0.3, 0.4) is 0 Å². The molecular formula is C19H13ClF3NO. The topological polar surface area (TPSA) is 23.5 Å². The van der Waals surface area contributed by atoms with Crippen molar-refractivity contribution in [2.45, 2.75) is 0 Å². The van der Waals surface area contributed by atoms with Crippen LogP contribution in [0.15, 0.2) is 54.6 Å². The van der Waals surface area contributed by atoms with Gasteiger partial charge in [-0.2, -0.15) is 0 Å². The van der Waals surface area contributed by atoms with E-state index >= 15 is 0 Å². The quantitative estimate of drug-likeness (QED) is 0.626. The molecule has 0 aliphatic rings. The summed E-state index contributed by atoms with van der Waals surface area (Å²) in [7, 11) is 1.43. The summed E-state index contributed by atoms with van der Waals surface area (Å²) >= 11 is 6.18. The molecule has 0 unspecified atom stereocenters. The van der Waals surface area contributed by atoms with Crippen LogP contribution in [-0.4, -0.2) is 12.2 Å². The Hall–Kier alpha value is -2.66. The SMILES string of the molecule is CN(c1cc(-c2cccc(F)c2)ccc1Cl)c1c(F)ccc(O)c1F. The van der Waals surface area contributed by atoms with Crippen molar-refractivity contribution in [2.75, 3.05) is 11.9 Å². The molecule has 3 aromatic rings. The molecule has 128 valence electrons. The van der Waals surface area contributed by atoms with Crippen molar-refractivity contribution < 1.29 is 18.3 Å². The van der Waals surface area contributed by atoms with Gasteiger partial charge >= 0.3 is 0 Å². The third-order valence-electron chi connectivity index (χ3n) is 3.85. The van der Waals surface area contributed by atoms with E-state index in [0.717, 1.165) is 12.1 Å². The Balaban J connectivity index is 2.12. The van der Waals surface area contributed by atoms with Gasteiger partial charge in [0.2, 0.25) is 0 Å². The maximum atomic E-state index is 14.2. The van der Waals surface area contributed by atoms with Gasteiger partial charge in [-0.15, -0.1) is 0 Å². The molecule has 0 fully saturated rings. The average Bonchev–Trinajstić information content (AvgIpc) is 2.59. The first-order chi connectivity index (χ1) is 11.9. The van der Waals surface area contributed by atoms with Crippen molar-refractivity contribution in [3.05, 3.63) is 77.1 Å². The second-order valence-corrected chi connectivity index (χ2v) is 5.87. The number of nitrogens with zero attached hydrogens (tertiary/aromatic N) is 1. The van der Waals surface area contributed by atoms with Crippen LogP contribution in [0.1, 0.15) is 0 Å². The number of rotatable bonds is 3. The summed E-state index contributed by atoms with van der Waals surface area (Å²) in [4.78, 5) is 1.20. The van der Waals surface area contributed by atoms with E-state index in [-0.39, 0.29) is 5.02 Å². The van der Waals surface area contributed by atoms with Crippen LogP contribution in [0.25, 0.3) is 11.1 Å². The average molecular weight is 364 g/mol. The second-order valence-electron chi connectivity index (χ2n) is 5.46. The molecule has 0 bridgehead atoms. The Morgan fingerprint density at radius 3 is 2.36 bits per heavy atom. The molecule has 0 atom stereocenters.